The van der Waals surface area contributed by atoms with E-state index in [0.29, 0.717) is 12.3 Å². The Balaban J connectivity index is 2.17. The van der Waals surface area contributed by atoms with Crippen LogP contribution in [0.5, 0.6) is 5.75 Å². The largest absolute Gasteiger partial charge is 0.477 e. The van der Waals surface area contributed by atoms with Crippen LogP contribution in [0.15, 0.2) is 24.3 Å². The Morgan fingerprint density at radius 3 is 2.95 bits per heavy atom. The number of ether oxygens (including phenoxy) is 1. The number of fused-ring (bicyclic) bond motifs is 1. The summed E-state index contributed by atoms with van der Waals surface area (Å²) in [7, 11) is 1.55. The Kier molecular flexibility index (Phi) is 4.67. The van der Waals surface area contributed by atoms with Gasteiger partial charge in [-0.3, -0.25) is 9.59 Å². The molecule has 6 nitrogen and oxygen atoms in total. The van der Waals surface area contributed by atoms with Crippen LogP contribution < -0.4 is 20.3 Å². The first-order chi connectivity index (χ1) is 10.2. The predicted octanol–water partition coefficient (Wildman–Crippen LogP) is -0.251. The standard InChI is InChI=1S/C15H17N3O3/c1-3-8-17-14(19)10-18-9-13(15(20)16-2)21-12-7-5-4-6-11(12)18/h1,4-7,13H,8-10H2,2H3,(H,16,20)(H,17,19)/t13-/m0/s1. The quantitative estimate of drug-likeness (QED) is 0.749. The average molecular weight is 287 g/mol. The second-order valence-corrected chi connectivity index (χ2v) is 4.55. The molecule has 0 radical (unpaired) electrons. The van der Waals surface area contributed by atoms with E-state index >= 15 is 0 Å². The lowest BCUT2D eigenvalue weighted by Gasteiger charge is -2.34. The van der Waals surface area contributed by atoms with Gasteiger partial charge in [-0.05, 0) is 12.1 Å². The molecule has 1 aromatic rings. The molecule has 0 saturated carbocycles. The molecular formula is C15H17N3O3. The van der Waals surface area contributed by atoms with Gasteiger partial charge in [0.15, 0.2) is 6.10 Å². The number of hydrogen-bond donors (Lipinski definition) is 2. The molecule has 0 bridgehead atoms. The lowest BCUT2D eigenvalue weighted by atomic mass is 10.1. The summed E-state index contributed by atoms with van der Waals surface area (Å²) in [5, 5.41) is 5.17. The summed E-state index contributed by atoms with van der Waals surface area (Å²) in [6.45, 7) is 0.611. The number of hydrogen-bond acceptors (Lipinski definition) is 4. The first kappa shape index (κ1) is 14.7. The van der Waals surface area contributed by atoms with Crippen molar-refractivity contribution < 1.29 is 14.3 Å². The van der Waals surface area contributed by atoms with Crippen LogP contribution >= 0.6 is 0 Å². The van der Waals surface area contributed by atoms with Crippen molar-refractivity contribution >= 4 is 17.5 Å². The summed E-state index contributed by atoms with van der Waals surface area (Å²) in [6.07, 6.45) is 4.47. The highest BCUT2D eigenvalue weighted by molar-refractivity contribution is 5.86. The third-order valence-corrected chi connectivity index (χ3v) is 3.12. The van der Waals surface area contributed by atoms with E-state index in [1.807, 2.05) is 23.1 Å². The van der Waals surface area contributed by atoms with Crippen LogP contribution in [0.2, 0.25) is 0 Å². The Bertz CT molecular complexity index is 580. The molecule has 1 aliphatic rings. The van der Waals surface area contributed by atoms with Crippen molar-refractivity contribution in [1.29, 1.82) is 0 Å². The maximum Gasteiger partial charge on any atom is 0.262 e. The zero-order valence-corrected chi connectivity index (χ0v) is 11.8. The molecule has 0 spiro atoms. The molecule has 1 aromatic carbocycles. The zero-order valence-electron chi connectivity index (χ0n) is 11.8. The van der Waals surface area contributed by atoms with E-state index in [1.54, 1.807) is 13.1 Å². The van der Waals surface area contributed by atoms with Gasteiger partial charge in [0.05, 0.1) is 25.3 Å². The molecular weight excluding hydrogens is 270 g/mol. The lowest BCUT2D eigenvalue weighted by Crippen LogP contribution is -2.50. The van der Waals surface area contributed by atoms with Gasteiger partial charge < -0.3 is 20.3 Å². The molecule has 0 aliphatic carbocycles. The third kappa shape index (κ3) is 3.45. The van der Waals surface area contributed by atoms with Gasteiger partial charge in [-0.15, -0.1) is 6.42 Å². The molecule has 1 heterocycles. The monoisotopic (exact) mass is 287 g/mol. The fraction of sp³-hybridized carbons (Fsp3) is 0.333. The third-order valence-electron chi connectivity index (χ3n) is 3.12. The zero-order chi connectivity index (χ0) is 15.2. The maximum atomic E-state index is 11.8. The van der Waals surface area contributed by atoms with Gasteiger partial charge in [0, 0.05) is 7.05 Å². The number of nitrogens with zero attached hydrogens (tertiary/aromatic N) is 1. The number of likely N-dealkylation sites (N-methyl/N-ethyl adjacent to an activating group) is 1. The number of carbonyl (C=O) groups is 2. The van der Waals surface area contributed by atoms with Gasteiger partial charge in [-0.1, -0.05) is 18.1 Å². The van der Waals surface area contributed by atoms with E-state index in [-0.39, 0.29) is 24.9 Å². The minimum Gasteiger partial charge on any atom is -0.477 e. The van der Waals surface area contributed by atoms with E-state index in [9.17, 15) is 9.59 Å². The van der Waals surface area contributed by atoms with Crippen molar-refractivity contribution in [2.24, 2.45) is 0 Å². The first-order valence-corrected chi connectivity index (χ1v) is 6.58. The predicted molar refractivity (Wildman–Crippen MR) is 79.0 cm³/mol. The van der Waals surface area contributed by atoms with Crippen LogP contribution in [-0.4, -0.2) is 44.6 Å². The van der Waals surface area contributed by atoms with Crippen LogP contribution in [0, 0.1) is 12.3 Å². The van der Waals surface area contributed by atoms with Gasteiger partial charge >= 0.3 is 0 Å². The van der Waals surface area contributed by atoms with Crippen molar-refractivity contribution in [3.63, 3.8) is 0 Å². The molecule has 0 aromatic heterocycles. The normalized spacial score (nSPS) is 16.2. The van der Waals surface area contributed by atoms with E-state index in [0.717, 1.165) is 5.69 Å². The molecule has 1 aliphatic heterocycles. The van der Waals surface area contributed by atoms with E-state index in [1.165, 1.54) is 0 Å². The number of carbonyl (C=O) groups excluding carboxylic acids is 2. The summed E-state index contributed by atoms with van der Waals surface area (Å²) in [5.74, 6) is 2.52. The SMILES string of the molecule is C#CCNC(=O)CN1C[C@@H](C(=O)NC)Oc2ccccc21. The number of para-hydroxylation sites is 2. The van der Waals surface area contributed by atoms with Gasteiger partial charge in [-0.2, -0.15) is 0 Å². The van der Waals surface area contributed by atoms with E-state index in [4.69, 9.17) is 11.2 Å². The number of rotatable bonds is 4. The molecule has 110 valence electrons. The lowest BCUT2D eigenvalue weighted by molar-refractivity contribution is -0.127. The van der Waals surface area contributed by atoms with Gasteiger partial charge in [0.2, 0.25) is 5.91 Å². The van der Waals surface area contributed by atoms with Crippen LogP contribution in [0.4, 0.5) is 5.69 Å². The molecule has 2 amide bonds. The summed E-state index contributed by atoms with van der Waals surface area (Å²) < 4.78 is 5.66. The fourth-order valence-corrected chi connectivity index (χ4v) is 2.13. The highest BCUT2D eigenvalue weighted by Crippen LogP contribution is 2.32. The summed E-state index contributed by atoms with van der Waals surface area (Å²) in [6, 6.07) is 7.30. The Morgan fingerprint density at radius 1 is 1.48 bits per heavy atom. The minimum atomic E-state index is -0.648. The van der Waals surface area contributed by atoms with Crippen LogP contribution in [0.25, 0.3) is 0 Å². The molecule has 6 heteroatoms. The highest BCUT2D eigenvalue weighted by Gasteiger charge is 2.30. The minimum absolute atomic E-state index is 0.121. The summed E-state index contributed by atoms with van der Waals surface area (Å²) in [5.41, 5.74) is 0.786. The molecule has 0 unspecified atom stereocenters. The number of anilines is 1. The molecule has 0 saturated heterocycles. The molecule has 2 N–H and O–H groups in total. The summed E-state index contributed by atoms with van der Waals surface area (Å²) in [4.78, 5) is 25.4. The van der Waals surface area contributed by atoms with Crippen molar-refractivity contribution in [2.75, 3.05) is 31.6 Å². The maximum absolute atomic E-state index is 11.8. The van der Waals surface area contributed by atoms with Crippen molar-refractivity contribution in [3.05, 3.63) is 24.3 Å². The topological polar surface area (TPSA) is 70.7 Å². The highest BCUT2D eigenvalue weighted by atomic mass is 16.5. The Labute approximate surface area is 123 Å². The van der Waals surface area contributed by atoms with Gasteiger partial charge in [0.1, 0.15) is 5.75 Å². The van der Waals surface area contributed by atoms with Crippen LogP contribution in [0.3, 0.4) is 0 Å². The second kappa shape index (κ2) is 6.66. The molecule has 1 atom stereocenters. The fourth-order valence-electron chi connectivity index (χ4n) is 2.13. The van der Waals surface area contributed by atoms with Crippen LogP contribution in [-0.2, 0) is 9.59 Å². The van der Waals surface area contributed by atoms with Crippen molar-refractivity contribution in [1.82, 2.24) is 10.6 Å². The van der Waals surface area contributed by atoms with Crippen LogP contribution in [0.1, 0.15) is 0 Å². The number of amides is 2. The van der Waals surface area contributed by atoms with Gasteiger partial charge in [0.25, 0.3) is 5.91 Å². The number of benzene rings is 1. The Morgan fingerprint density at radius 2 is 2.24 bits per heavy atom. The average Bonchev–Trinajstić information content (AvgIpc) is 2.52. The molecule has 21 heavy (non-hydrogen) atoms. The van der Waals surface area contributed by atoms with Crippen molar-refractivity contribution in [2.45, 2.75) is 6.10 Å². The smallest absolute Gasteiger partial charge is 0.262 e. The van der Waals surface area contributed by atoms with Gasteiger partial charge in [-0.25, -0.2) is 0 Å². The number of terminal acetylenes is 1. The Hall–Kier alpha value is -2.68. The number of nitrogens with one attached hydrogen (secondary N) is 2. The first-order valence-electron chi connectivity index (χ1n) is 6.58. The second-order valence-electron chi connectivity index (χ2n) is 4.55. The molecule has 2 rings (SSSR count). The summed E-state index contributed by atoms with van der Waals surface area (Å²) >= 11 is 0. The van der Waals surface area contributed by atoms with Crippen molar-refractivity contribution in [3.8, 4) is 18.1 Å². The van der Waals surface area contributed by atoms with E-state index in [2.05, 4.69) is 16.6 Å². The van der Waals surface area contributed by atoms with E-state index < -0.39 is 6.10 Å². The molecule has 0 fully saturated rings.